The van der Waals surface area contributed by atoms with Gasteiger partial charge in [0.05, 0.1) is 21.1 Å². The molecule has 0 radical (unpaired) electrons. The lowest BCUT2D eigenvalue weighted by molar-refractivity contribution is -0.882. The van der Waals surface area contributed by atoms with E-state index in [1.807, 2.05) is 21.1 Å². The van der Waals surface area contributed by atoms with Crippen molar-refractivity contribution in [1.82, 2.24) is 0 Å². The highest BCUT2D eigenvalue weighted by molar-refractivity contribution is 5.63. The topological polar surface area (TPSA) is 129 Å². The summed E-state index contributed by atoms with van der Waals surface area (Å²) >= 11 is 0. The Hall–Kier alpha value is -0.690. The smallest absolute Gasteiger partial charge is 0.0851 e. The molecule has 12 heavy (non-hydrogen) atoms. The molecule has 0 rings (SSSR count). The Bertz CT molecular complexity index is 94.2. The summed E-state index contributed by atoms with van der Waals surface area (Å²) in [6.45, 7) is 1.54. The fraction of sp³-hybridized carbons (Fsp3) is 0.833. The molecule has 0 saturated carbocycles. The van der Waals surface area contributed by atoms with E-state index in [9.17, 15) is 9.90 Å². The summed E-state index contributed by atoms with van der Waals surface area (Å²) in [5.41, 5.74) is 0. The number of quaternary nitrogens is 1. The predicted octanol–water partition coefficient (Wildman–Crippen LogP) is -2.94. The van der Waals surface area contributed by atoms with Gasteiger partial charge in [0.15, 0.2) is 0 Å². The minimum Gasteiger partial charge on any atom is -0.550 e. The minimum atomic E-state index is -0.995. The average molecular weight is 184 g/mol. The van der Waals surface area contributed by atoms with Gasteiger partial charge in [0.25, 0.3) is 0 Å². The first-order valence-corrected chi connectivity index (χ1v) is 3.07. The van der Waals surface area contributed by atoms with Crippen LogP contribution in [-0.4, -0.2) is 42.7 Å². The Kier molecular flexibility index (Phi) is 19.3. The number of carboxylic acid groups (broad SMARTS) is 1. The van der Waals surface area contributed by atoms with Gasteiger partial charge in [-0.1, -0.05) is 6.92 Å². The maximum Gasteiger partial charge on any atom is 0.0851 e. The van der Waals surface area contributed by atoms with E-state index >= 15 is 0 Å². The van der Waals surface area contributed by atoms with Crippen molar-refractivity contribution in [3.8, 4) is 0 Å². The van der Waals surface area contributed by atoms with Crippen molar-refractivity contribution in [1.29, 1.82) is 0 Å². The van der Waals surface area contributed by atoms with Gasteiger partial charge in [-0.3, -0.25) is 4.59 Å². The molecule has 0 aliphatic rings. The molecule has 6 N–H and O–H groups in total. The van der Waals surface area contributed by atoms with Crippen molar-refractivity contribution in [3.05, 3.63) is 0 Å². The van der Waals surface area contributed by atoms with E-state index in [1.54, 1.807) is 0 Å². The van der Waals surface area contributed by atoms with Crippen LogP contribution in [0.15, 0.2) is 0 Å². The van der Waals surface area contributed by atoms with Crippen molar-refractivity contribution in [2.24, 2.45) is 5.84 Å². The number of nitrogens with zero attached hydrogens (tertiary/aromatic N) is 1. The summed E-state index contributed by atoms with van der Waals surface area (Å²) in [7, 11) is 5.71. The molecule has 0 aromatic carbocycles. The third-order valence-electron chi connectivity index (χ3n) is 0.289. The Morgan fingerprint density at radius 1 is 1.33 bits per heavy atom. The monoisotopic (exact) mass is 184 g/mol. The number of hydrogen-bond acceptors (Lipinski definition) is 3. The molecular weight excluding hydrogens is 164 g/mol. The SMILES string of the molecule is CCC(=O)[O-].C[N+](C)(C)N.O.O. The number of carboxylic acids is 1. The number of carbonyl (C=O) groups excluding carboxylic acids is 1. The maximum absolute atomic E-state index is 9.26. The zero-order valence-corrected chi connectivity index (χ0v) is 8.05. The van der Waals surface area contributed by atoms with Crippen LogP contribution in [0.25, 0.3) is 0 Å². The normalized spacial score (nSPS) is 8.08. The second-order valence-electron chi connectivity index (χ2n) is 2.84. The standard InChI is InChI=1S/C3H11N2.C3H6O2.2H2O/c1-5(2,3)4;1-2-3(4)5;;/h4H2,1-3H3;2H2,1H3,(H,4,5);2*1H2/q+1;;;/p-1. The van der Waals surface area contributed by atoms with Crippen LogP contribution in [-0.2, 0) is 4.79 Å². The van der Waals surface area contributed by atoms with Gasteiger partial charge in [-0.25, -0.2) is 0 Å². The lowest BCUT2D eigenvalue weighted by atomic mass is 10.5. The molecule has 6 heteroatoms. The van der Waals surface area contributed by atoms with E-state index in [2.05, 4.69) is 0 Å². The zero-order chi connectivity index (χ0) is 8.78. The van der Waals surface area contributed by atoms with Crippen LogP contribution in [0, 0.1) is 0 Å². The minimum absolute atomic E-state index is 0. The zero-order valence-electron chi connectivity index (χ0n) is 8.05. The van der Waals surface area contributed by atoms with E-state index in [1.165, 1.54) is 6.92 Å². The largest absolute Gasteiger partial charge is 0.550 e. The summed E-state index contributed by atoms with van der Waals surface area (Å²) < 4.78 is 0.500. The Morgan fingerprint density at radius 2 is 1.42 bits per heavy atom. The van der Waals surface area contributed by atoms with Crippen molar-refractivity contribution in [2.45, 2.75) is 13.3 Å². The third-order valence-corrected chi connectivity index (χ3v) is 0.289. The molecule has 0 unspecified atom stereocenters. The summed E-state index contributed by atoms with van der Waals surface area (Å²) in [5, 5.41) is 9.26. The molecule has 0 fully saturated rings. The first kappa shape index (κ1) is 22.5. The number of nitrogens with two attached hydrogens (primary N) is 1. The summed E-state index contributed by atoms with van der Waals surface area (Å²) in [5.74, 6) is 4.30. The average Bonchev–Trinajstić information content (AvgIpc) is 1.61. The number of carbonyl (C=O) groups is 1. The van der Waals surface area contributed by atoms with E-state index in [0.717, 1.165) is 0 Å². The Labute approximate surface area is 72.8 Å². The predicted molar refractivity (Wildman–Crippen MR) is 44.7 cm³/mol. The molecular formula is C6H20N2O4. The highest BCUT2D eigenvalue weighted by atomic mass is 16.4. The second kappa shape index (κ2) is 10.3. The number of rotatable bonds is 1. The summed E-state index contributed by atoms with van der Waals surface area (Å²) in [4.78, 5) is 9.26. The van der Waals surface area contributed by atoms with Crippen molar-refractivity contribution >= 4 is 5.97 Å². The fourth-order valence-corrected chi connectivity index (χ4v) is 0. The molecule has 0 aromatic heterocycles. The highest BCUT2D eigenvalue weighted by Crippen LogP contribution is 1.65. The van der Waals surface area contributed by atoms with E-state index in [4.69, 9.17) is 5.84 Å². The molecule has 78 valence electrons. The first-order chi connectivity index (χ1) is 4.27. The van der Waals surface area contributed by atoms with Crippen molar-refractivity contribution in [2.75, 3.05) is 21.1 Å². The van der Waals surface area contributed by atoms with Crippen LogP contribution in [0.3, 0.4) is 0 Å². The van der Waals surface area contributed by atoms with Gasteiger partial charge < -0.3 is 20.9 Å². The second-order valence-corrected chi connectivity index (χ2v) is 2.84. The molecule has 0 spiro atoms. The van der Waals surface area contributed by atoms with Gasteiger partial charge in [-0.05, 0) is 6.42 Å². The van der Waals surface area contributed by atoms with Gasteiger partial charge in [0.2, 0.25) is 0 Å². The van der Waals surface area contributed by atoms with Gasteiger partial charge in [-0.15, -0.1) is 0 Å². The third kappa shape index (κ3) is 375. The quantitative estimate of drug-likeness (QED) is 0.266. The van der Waals surface area contributed by atoms with E-state index in [-0.39, 0.29) is 17.4 Å². The Balaban J connectivity index is -0.0000000457. The van der Waals surface area contributed by atoms with Crippen molar-refractivity contribution in [3.63, 3.8) is 0 Å². The molecule has 0 aromatic rings. The van der Waals surface area contributed by atoms with Crippen LogP contribution in [0.1, 0.15) is 13.3 Å². The van der Waals surface area contributed by atoms with Gasteiger partial charge in [0, 0.05) is 5.97 Å². The van der Waals surface area contributed by atoms with Crippen molar-refractivity contribution < 1.29 is 25.4 Å². The van der Waals surface area contributed by atoms with E-state index in [0.29, 0.717) is 4.59 Å². The van der Waals surface area contributed by atoms with Crippen LogP contribution in [0.4, 0.5) is 0 Å². The molecule has 6 nitrogen and oxygen atoms in total. The molecule has 0 amide bonds. The molecule has 0 heterocycles. The number of hydrogen-bond donors (Lipinski definition) is 1. The van der Waals surface area contributed by atoms with Crippen LogP contribution < -0.4 is 10.9 Å². The molecule has 0 atom stereocenters. The summed E-state index contributed by atoms with van der Waals surface area (Å²) in [6, 6.07) is 0. The number of aliphatic carboxylic acids is 1. The van der Waals surface area contributed by atoms with Crippen LogP contribution in [0.2, 0.25) is 0 Å². The van der Waals surface area contributed by atoms with Gasteiger partial charge in [0.1, 0.15) is 0 Å². The molecule has 0 aliphatic heterocycles. The summed E-state index contributed by atoms with van der Waals surface area (Å²) in [6.07, 6.45) is 0.111. The fourth-order valence-electron chi connectivity index (χ4n) is 0. The molecule has 0 aliphatic carbocycles. The maximum atomic E-state index is 9.26. The molecule has 0 saturated heterocycles. The molecule has 0 bridgehead atoms. The first-order valence-electron chi connectivity index (χ1n) is 3.07. The van der Waals surface area contributed by atoms with Gasteiger partial charge >= 0.3 is 0 Å². The van der Waals surface area contributed by atoms with Crippen LogP contribution >= 0.6 is 0 Å². The lowest BCUT2D eigenvalue weighted by Crippen LogP contribution is -2.41. The highest BCUT2D eigenvalue weighted by Gasteiger charge is 1.89. The van der Waals surface area contributed by atoms with Crippen LogP contribution in [0.5, 0.6) is 0 Å². The lowest BCUT2D eigenvalue weighted by Gasteiger charge is -2.12. The van der Waals surface area contributed by atoms with Gasteiger partial charge in [-0.2, -0.15) is 5.84 Å². The Morgan fingerprint density at radius 3 is 1.42 bits per heavy atom. The van der Waals surface area contributed by atoms with E-state index < -0.39 is 5.97 Å².